The third-order valence-electron chi connectivity index (χ3n) is 5.19. The summed E-state index contributed by atoms with van der Waals surface area (Å²) in [5.74, 6) is 1.78. The number of nitrogens with one attached hydrogen (secondary N) is 2. The topological polar surface area (TPSA) is 60.0 Å². The van der Waals surface area contributed by atoms with Gasteiger partial charge in [0.15, 0.2) is 5.96 Å². The molecule has 0 spiro atoms. The fraction of sp³-hybridized carbons (Fsp3) is 0.895. The van der Waals surface area contributed by atoms with Crippen molar-refractivity contribution in [2.24, 2.45) is 16.8 Å². The van der Waals surface area contributed by atoms with Crippen molar-refractivity contribution in [2.75, 3.05) is 46.3 Å². The average molecular weight is 352 g/mol. The first-order valence-corrected chi connectivity index (χ1v) is 9.98. The van der Waals surface area contributed by atoms with E-state index in [4.69, 9.17) is 0 Å². The van der Waals surface area contributed by atoms with Crippen molar-refractivity contribution in [2.45, 2.75) is 52.5 Å². The SMILES string of the molecule is CN=C(NCC(C)CN1CCCCC1)NC1CCN(C(=O)C(C)C)C1. The Morgan fingerprint density at radius 2 is 1.88 bits per heavy atom. The Kier molecular flexibility index (Phi) is 8.00. The minimum atomic E-state index is 0.0758. The van der Waals surface area contributed by atoms with Crippen LogP contribution in [0.25, 0.3) is 0 Å². The maximum atomic E-state index is 12.1. The Balaban J connectivity index is 1.69. The highest BCUT2D eigenvalue weighted by atomic mass is 16.2. The van der Waals surface area contributed by atoms with E-state index < -0.39 is 0 Å². The third-order valence-corrected chi connectivity index (χ3v) is 5.19. The molecule has 0 radical (unpaired) electrons. The van der Waals surface area contributed by atoms with Crippen LogP contribution in [0.3, 0.4) is 0 Å². The van der Waals surface area contributed by atoms with E-state index in [-0.39, 0.29) is 11.8 Å². The molecule has 2 atom stereocenters. The zero-order valence-corrected chi connectivity index (χ0v) is 16.6. The van der Waals surface area contributed by atoms with Gasteiger partial charge in [0.2, 0.25) is 5.91 Å². The Labute approximate surface area is 153 Å². The van der Waals surface area contributed by atoms with E-state index in [9.17, 15) is 4.79 Å². The van der Waals surface area contributed by atoms with Gasteiger partial charge in [0, 0.05) is 45.2 Å². The smallest absolute Gasteiger partial charge is 0.225 e. The Hall–Kier alpha value is -1.30. The number of guanidine groups is 1. The van der Waals surface area contributed by atoms with Crippen LogP contribution < -0.4 is 10.6 Å². The molecule has 25 heavy (non-hydrogen) atoms. The number of nitrogens with zero attached hydrogens (tertiary/aromatic N) is 3. The third kappa shape index (κ3) is 6.49. The van der Waals surface area contributed by atoms with Gasteiger partial charge in [-0.3, -0.25) is 9.79 Å². The molecular formula is C19H37N5O. The highest BCUT2D eigenvalue weighted by molar-refractivity contribution is 5.81. The molecule has 2 N–H and O–H groups in total. The van der Waals surface area contributed by atoms with Crippen molar-refractivity contribution in [3.05, 3.63) is 0 Å². The predicted molar refractivity (Wildman–Crippen MR) is 104 cm³/mol. The van der Waals surface area contributed by atoms with E-state index in [1.807, 2.05) is 25.8 Å². The van der Waals surface area contributed by atoms with Crippen LogP contribution in [-0.2, 0) is 4.79 Å². The number of carbonyl (C=O) groups excluding carboxylic acids is 1. The highest BCUT2D eigenvalue weighted by Gasteiger charge is 2.28. The molecule has 0 aromatic carbocycles. The molecule has 2 fully saturated rings. The molecule has 2 rings (SSSR count). The number of hydrogen-bond acceptors (Lipinski definition) is 3. The minimum absolute atomic E-state index is 0.0758. The predicted octanol–water partition coefficient (Wildman–Crippen LogP) is 1.53. The normalized spacial score (nSPS) is 23.8. The maximum absolute atomic E-state index is 12.1. The van der Waals surface area contributed by atoms with Gasteiger partial charge in [-0.2, -0.15) is 0 Å². The number of piperidine rings is 1. The second-order valence-corrected chi connectivity index (χ2v) is 7.99. The molecule has 144 valence electrons. The highest BCUT2D eigenvalue weighted by Crippen LogP contribution is 2.13. The lowest BCUT2D eigenvalue weighted by molar-refractivity contribution is -0.133. The molecule has 2 aliphatic rings. The second kappa shape index (κ2) is 10.00. The fourth-order valence-electron chi connectivity index (χ4n) is 3.75. The summed E-state index contributed by atoms with van der Waals surface area (Å²) in [4.78, 5) is 21.0. The Morgan fingerprint density at radius 1 is 1.16 bits per heavy atom. The molecule has 2 heterocycles. The van der Waals surface area contributed by atoms with Crippen molar-refractivity contribution in [3.8, 4) is 0 Å². The molecule has 2 unspecified atom stereocenters. The van der Waals surface area contributed by atoms with Gasteiger partial charge in [0.25, 0.3) is 0 Å². The molecule has 0 saturated carbocycles. The van der Waals surface area contributed by atoms with Crippen molar-refractivity contribution in [1.82, 2.24) is 20.4 Å². The summed E-state index contributed by atoms with van der Waals surface area (Å²) in [7, 11) is 1.82. The van der Waals surface area contributed by atoms with Crippen LogP contribution in [-0.4, -0.2) is 74.0 Å². The number of likely N-dealkylation sites (tertiary alicyclic amines) is 2. The molecule has 0 bridgehead atoms. The largest absolute Gasteiger partial charge is 0.356 e. The molecule has 2 saturated heterocycles. The van der Waals surface area contributed by atoms with Crippen LogP contribution in [0, 0.1) is 11.8 Å². The summed E-state index contributed by atoms with van der Waals surface area (Å²) < 4.78 is 0. The second-order valence-electron chi connectivity index (χ2n) is 7.99. The summed E-state index contributed by atoms with van der Waals surface area (Å²) in [5, 5.41) is 6.94. The van der Waals surface area contributed by atoms with Crippen LogP contribution in [0.5, 0.6) is 0 Å². The van der Waals surface area contributed by atoms with Crippen LogP contribution >= 0.6 is 0 Å². The molecule has 1 amide bonds. The summed E-state index contributed by atoms with van der Waals surface area (Å²) in [5.41, 5.74) is 0. The van der Waals surface area contributed by atoms with Gasteiger partial charge in [-0.1, -0.05) is 27.2 Å². The van der Waals surface area contributed by atoms with E-state index in [1.165, 1.54) is 32.4 Å². The fourth-order valence-corrected chi connectivity index (χ4v) is 3.75. The number of amides is 1. The molecular weight excluding hydrogens is 314 g/mol. The number of rotatable bonds is 6. The van der Waals surface area contributed by atoms with Crippen molar-refractivity contribution in [1.29, 1.82) is 0 Å². The van der Waals surface area contributed by atoms with E-state index in [0.29, 0.717) is 12.0 Å². The molecule has 2 aliphatic heterocycles. The van der Waals surface area contributed by atoms with Gasteiger partial charge < -0.3 is 20.4 Å². The van der Waals surface area contributed by atoms with Gasteiger partial charge in [-0.15, -0.1) is 0 Å². The van der Waals surface area contributed by atoms with Gasteiger partial charge in [-0.25, -0.2) is 0 Å². The number of carbonyl (C=O) groups is 1. The summed E-state index contributed by atoms with van der Waals surface area (Å²) in [6, 6.07) is 0.298. The van der Waals surface area contributed by atoms with Gasteiger partial charge in [-0.05, 0) is 38.3 Å². The van der Waals surface area contributed by atoms with E-state index in [2.05, 4.69) is 27.4 Å². The van der Waals surface area contributed by atoms with E-state index in [0.717, 1.165) is 38.6 Å². The van der Waals surface area contributed by atoms with Gasteiger partial charge in [0.1, 0.15) is 0 Å². The van der Waals surface area contributed by atoms with Crippen LogP contribution in [0.1, 0.15) is 46.5 Å². The van der Waals surface area contributed by atoms with Crippen LogP contribution in [0.4, 0.5) is 0 Å². The maximum Gasteiger partial charge on any atom is 0.225 e. The van der Waals surface area contributed by atoms with Gasteiger partial charge >= 0.3 is 0 Å². The van der Waals surface area contributed by atoms with Crippen LogP contribution in [0.2, 0.25) is 0 Å². The Morgan fingerprint density at radius 3 is 2.52 bits per heavy atom. The average Bonchev–Trinajstić information content (AvgIpc) is 3.07. The van der Waals surface area contributed by atoms with Crippen molar-refractivity contribution in [3.63, 3.8) is 0 Å². The zero-order chi connectivity index (χ0) is 18.2. The molecule has 6 heteroatoms. The molecule has 0 aliphatic carbocycles. The minimum Gasteiger partial charge on any atom is -0.356 e. The zero-order valence-electron chi connectivity index (χ0n) is 16.6. The molecule has 0 aromatic rings. The monoisotopic (exact) mass is 351 g/mol. The lowest BCUT2D eigenvalue weighted by Crippen LogP contribution is -2.47. The standard InChI is InChI=1S/C19H37N5O/c1-15(2)18(25)24-11-8-17(14-24)22-19(20-4)21-12-16(3)13-23-9-6-5-7-10-23/h15-17H,5-14H2,1-4H3,(H2,20,21,22). The van der Waals surface area contributed by atoms with Crippen molar-refractivity contribution >= 4 is 11.9 Å². The lowest BCUT2D eigenvalue weighted by Gasteiger charge is -2.29. The first kappa shape index (κ1) is 20.0. The van der Waals surface area contributed by atoms with E-state index in [1.54, 1.807) is 0 Å². The first-order chi connectivity index (χ1) is 12.0. The quantitative estimate of drug-likeness (QED) is 0.563. The van der Waals surface area contributed by atoms with E-state index >= 15 is 0 Å². The summed E-state index contributed by atoms with van der Waals surface area (Å²) >= 11 is 0. The van der Waals surface area contributed by atoms with Crippen molar-refractivity contribution < 1.29 is 4.79 Å². The first-order valence-electron chi connectivity index (χ1n) is 9.98. The summed E-state index contributed by atoms with van der Waals surface area (Å²) in [6.07, 6.45) is 5.06. The lowest BCUT2D eigenvalue weighted by atomic mass is 10.1. The molecule has 0 aromatic heterocycles. The number of hydrogen-bond donors (Lipinski definition) is 2. The summed E-state index contributed by atoms with van der Waals surface area (Å²) in [6.45, 7) is 12.4. The van der Waals surface area contributed by atoms with Gasteiger partial charge in [0.05, 0.1) is 0 Å². The molecule has 6 nitrogen and oxygen atoms in total. The number of aliphatic imine (C=N–C) groups is 1. The van der Waals surface area contributed by atoms with Crippen LogP contribution in [0.15, 0.2) is 4.99 Å². The Bertz CT molecular complexity index is 445.